The highest BCUT2D eigenvalue weighted by Gasteiger charge is 2.32. The number of hydrogen-bond donors (Lipinski definition) is 2. The second kappa shape index (κ2) is 8.58. The van der Waals surface area contributed by atoms with Crippen LogP contribution in [0.25, 0.3) is 0 Å². The van der Waals surface area contributed by atoms with Gasteiger partial charge in [0.05, 0.1) is 23.2 Å². The van der Waals surface area contributed by atoms with Gasteiger partial charge in [0.1, 0.15) is 0 Å². The molecule has 7 heteroatoms. The van der Waals surface area contributed by atoms with E-state index < -0.39 is 0 Å². The van der Waals surface area contributed by atoms with E-state index in [0.717, 1.165) is 23.7 Å². The van der Waals surface area contributed by atoms with E-state index in [1.165, 1.54) is 0 Å². The summed E-state index contributed by atoms with van der Waals surface area (Å²) in [5.74, 6) is 0.298. The van der Waals surface area contributed by atoms with Gasteiger partial charge in [-0.25, -0.2) is 4.98 Å². The first-order valence-electron chi connectivity index (χ1n) is 8.63. The number of hydrogen-bond acceptors (Lipinski definition) is 5. The molecular weight excluding hydrogens is 324 g/mol. The van der Waals surface area contributed by atoms with Crippen molar-refractivity contribution in [2.45, 2.75) is 58.5 Å². The molecule has 2 rings (SSSR count). The molecule has 1 aliphatic heterocycles. The van der Waals surface area contributed by atoms with Gasteiger partial charge in [-0.2, -0.15) is 0 Å². The molecule has 0 spiro atoms. The molecule has 1 fully saturated rings. The van der Waals surface area contributed by atoms with E-state index in [-0.39, 0.29) is 30.3 Å². The van der Waals surface area contributed by atoms with E-state index in [4.69, 9.17) is 0 Å². The predicted molar refractivity (Wildman–Crippen MR) is 96.2 cm³/mol. The molecule has 1 saturated heterocycles. The quantitative estimate of drug-likeness (QED) is 0.780. The molecular formula is C17H28N4O2S. The Morgan fingerprint density at radius 1 is 1.46 bits per heavy atom. The molecule has 0 aromatic carbocycles. The number of carbonyl (C=O) groups excluding carboxylic acids is 2. The topological polar surface area (TPSA) is 74.3 Å². The van der Waals surface area contributed by atoms with Crippen molar-refractivity contribution in [3.8, 4) is 0 Å². The number of piperazine rings is 1. The summed E-state index contributed by atoms with van der Waals surface area (Å²) < 4.78 is 0. The van der Waals surface area contributed by atoms with Gasteiger partial charge in [-0.05, 0) is 19.8 Å². The number of nitrogens with one attached hydrogen (secondary N) is 2. The number of carbonyl (C=O) groups is 2. The Bertz CT molecular complexity index is 571. The van der Waals surface area contributed by atoms with Crippen LogP contribution in [0.5, 0.6) is 0 Å². The Morgan fingerprint density at radius 2 is 2.21 bits per heavy atom. The first-order valence-corrected chi connectivity index (χ1v) is 9.51. The Morgan fingerprint density at radius 3 is 2.83 bits per heavy atom. The third kappa shape index (κ3) is 5.01. The third-order valence-electron chi connectivity index (χ3n) is 4.24. The molecule has 0 bridgehead atoms. The van der Waals surface area contributed by atoms with Crippen LogP contribution >= 0.6 is 11.3 Å². The summed E-state index contributed by atoms with van der Waals surface area (Å²) in [6.45, 7) is 10.3. The second-order valence-electron chi connectivity index (χ2n) is 6.76. The minimum Gasteiger partial charge on any atom is -0.356 e. The number of thiazole rings is 1. The largest absolute Gasteiger partial charge is 0.356 e. The summed E-state index contributed by atoms with van der Waals surface area (Å²) in [5.41, 5.74) is 1.10. The number of amides is 2. The lowest BCUT2D eigenvalue weighted by molar-refractivity contribution is -0.134. The highest BCUT2D eigenvalue weighted by atomic mass is 32.1. The summed E-state index contributed by atoms with van der Waals surface area (Å²) in [6, 6.07) is -0.121. The molecule has 2 heterocycles. The van der Waals surface area contributed by atoms with Gasteiger partial charge in [0, 0.05) is 37.5 Å². The lowest BCUT2D eigenvalue weighted by atomic mass is 10.1. The molecule has 1 aliphatic rings. The van der Waals surface area contributed by atoms with Crippen molar-refractivity contribution < 1.29 is 9.59 Å². The van der Waals surface area contributed by atoms with Crippen LogP contribution < -0.4 is 10.6 Å². The van der Waals surface area contributed by atoms with Crippen molar-refractivity contribution in [3.63, 3.8) is 0 Å². The van der Waals surface area contributed by atoms with Crippen LogP contribution in [-0.4, -0.2) is 53.4 Å². The smallest absolute Gasteiger partial charge is 0.237 e. The maximum absolute atomic E-state index is 12.2. The lowest BCUT2D eigenvalue weighted by Gasteiger charge is -2.37. The fourth-order valence-corrected chi connectivity index (χ4v) is 3.78. The summed E-state index contributed by atoms with van der Waals surface area (Å²) in [6.07, 6.45) is 0.938. The highest BCUT2D eigenvalue weighted by molar-refractivity contribution is 7.09. The van der Waals surface area contributed by atoms with Crippen LogP contribution in [0.1, 0.15) is 50.7 Å². The van der Waals surface area contributed by atoms with E-state index in [1.54, 1.807) is 11.3 Å². The van der Waals surface area contributed by atoms with Crippen molar-refractivity contribution in [1.82, 2.24) is 20.5 Å². The van der Waals surface area contributed by atoms with Crippen LogP contribution in [0.2, 0.25) is 0 Å². The summed E-state index contributed by atoms with van der Waals surface area (Å²) in [7, 11) is 0. The van der Waals surface area contributed by atoms with Crippen LogP contribution in [0.4, 0.5) is 0 Å². The normalized spacial score (nSPS) is 18.9. The van der Waals surface area contributed by atoms with Gasteiger partial charge in [0.15, 0.2) is 0 Å². The van der Waals surface area contributed by atoms with Crippen molar-refractivity contribution >= 4 is 23.2 Å². The van der Waals surface area contributed by atoms with Crippen molar-refractivity contribution in [3.05, 3.63) is 16.1 Å². The third-order valence-corrected chi connectivity index (χ3v) is 5.16. The Labute approximate surface area is 148 Å². The summed E-state index contributed by atoms with van der Waals surface area (Å²) >= 11 is 1.64. The van der Waals surface area contributed by atoms with Crippen molar-refractivity contribution in [2.75, 3.05) is 19.6 Å². The number of rotatable bonds is 7. The molecule has 134 valence electrons. The number of nitrogens with zero attached hydrogens (tertiary/aromatic N) is 2. The molecule has 1 unspecified atom stereocenters. The molecule has 2 N–H and O–H groups in total. The molecule has 6 nitrogen and oxygen atoms in total. The lowest BCUT2D eigenvalue weighted by Crippen LogP contribution is -2.58. The van der Waals surface area contributed by atoms with Gasteiger partial charge in [0.25, 0.3) is 0 Å². The van der Waals surface area contributed by atoms with Crippen LogP contribution in [-0.2, 0) is 16.0 Å². The van der Waals surface area contributed by atoms with Gasteiger partial charge in [0.2, 0.25) is 11.8 Å². The van der Waals surface area contributed by atoms with Gasteiger partial charge in [-0.3, -0.25) is 14.5 Å². The number of aromatic nitrogens is 1. The van der Waals surface area contributed by atoms with Gasteiger partial charge < -0.3 is 10.6 Å². The minimum absolute atomic E-state index is 0.0494. The Kier molecular flexibility index (Phi) is 6.74. The molecule has 0 radical (unpaired) electrons. The van der Waals surface area contributed by atoms with E-state index in [9.17, 15) is 9.59 Å². The standard InChI is InChI=1S/C17H28N4O2S/c1-11(2)13-10-24-16(20-13)5-6-18-15(22)9-14-17(23)19-7-8-21(14)12(3)4/h10-12,14H,5-9H2,1-4H3,(H,18,22)(H,19,23). The van der Waals surface area contributed by atoms with Gasteiger partial charge in [-0.1, -0.05) is 13.8 Å². The fraction of sp³-hybridized carbons (Fsp3) is 0.706. The first kappa shape index (κ1) is 18.9. The molecule has 0 saturated carbocycles. The maximum Gasteiger partial charge on any atom is 0.237 e. The van der Waals surface area contributed by atoms with Crippen LogP contribution in [0, 0.1) is 0 Å². The molecule has 1 aromatic heterocycles. The van der Waals surface area contributed by atoms with Gasteiger partial charge in [-0.15, -0.1) is 11.3 Å². The molecule has 2 amide bonds. The zero-order valence-electron chi connectivity index (χ0n) is 15.0. The predicted octanol–water partition coefficient (Wildman–Crippen LogP) is 1.52. The zero-order chi connectivity index (χ0) is 17.7. The zero-order valence-corrected chi connectivity index (χ0v) is 15.8. The van der Waals surface area contributed by atoms with E-state index in [1.807, 2.05) is 0 Å². The van der Waals surface area contributed by atoms with Crippen molar-refractivity contribution in [1.29, 1.82) is 0 Å². The molecule has 24 heavy (non-hydrogen) atoms. The fourth-order valence-electron chi connectivity index (χ4n) is 2.82. The average Bonchev–Trinajstić information content (AvgIpc) is 2.98. The van der Waals surface area contributed by atoms with Crippen LogP contribution in [0.15, 0.2) is 5.38 Å². The van der Waals surface area contributed by atoms with E-state index in [0.29, 0.717) is 19.0 Å². The SMILES string of the molecule is CC(C)c1csc(CCNC(=O)CC2C(=O)NCCN2C(C)C)n1. The summed E-state index contributed by atoms with van der Waals surface area (Å²) in [4.78, 5) is 30.9. The first-order chi connectivity index (χ1) is 11.4. The maximum atomic E-state index is 12.2. The van der Waals surface area contributed by atoms with E-state index >= 15 is 0 Å². The monoisotopic (exact) mass is 352 g/mol. The van der Waals surface area contributed by atoms with Crippen molar-refractivity contribution in [2.24, 2.45) is 0 Å². The van der Waals surface area contributed by atoms with Gasteiger partial charge >= 0.3 is 0 Å². The Hall–Kier alpha value is -1.47. The second-order valence-corrected chi connectivity index (χ2v) is 7.71. The Balaban J connectivity index is 1.80. The highest BCUT2D eigenvalue weighted by Crippen LogP contribution is 2.18. The van der Waals surface area contributed by atoms with Crippen LogP contribution in [0.3, 0.4) is 0 Å². The van der Waals surface area contributed by atoms with E-state index in [2.05, 4.69) is 53.6 Å². The minimum atomic E-state index is -0.369. The molecule has 1 aromatic rings. The average molecular weight is 353 g/mol. The molecule has 0 aliphatic carbocycles. The summed E-state index contributed by atoms with van der Waals surface area (Å²) in [5, 5.41) is 8.88. The molecule has 1 atom stereocenters.